The van der Waals surface area contributed by atoms with Gasteiger partial charge in [-0.2, -0.15) is 0 Å². The Morgan fingerprint density at radius 2 is 1.50 bits per heavy atom. The number of carbonyl (C=O) groups is 2. The standard InChI is InChI=1S/C27H25NO3S/c1-18(2)20-9-13-22(14-10-20)28-26(29)24(21-11-15-23(31-3)16-12-21)25(27(28)30)32-17-19-7-5-4-6-8-19/h4-16,18H,17H2,1-3H3. The Hall–Kier alpha value is -3.31. The molecule has 0 atom stereocenters. The molecule has 0 bridgehead atoms. The Kier molecular flexibility index (Phi) is 6.47. The van der Waals surface area contributed by atoms with E-state index in [2.05, 4.69) is 13.8 Å². The van der Waals surface area contributed by atoms with Crippen molar-refractivity contribution in [2.75, 3.05) is 12.0 Å². The van der Waals surface area contributed by atoms with Gasteiger partial charge in [0.05, 0.1) is 23.3 Å². The maximum Gasteiger partial charge on any atom is 0.272 e. The predicted octanol–water partition coefficient (Wildman–Crippen LogP) is 6.04. The first-order valence-corrected chi connectivity index (χ1v) is 11.5. The zero-order valence-electron chi connectivity index (χ0n) is 18.4. The monoisotopic (exact) mass is 443 g/mol. The first-order chi connectivity index (χ1) is 15.5. The Bertz CT molecular complexity index is 1150. The zero-order valence-corrected chi connectivity index (χ0v) is 19.2. The lowest BCUT2D eigenvalue weighted by molar-refractivity contribution is -0.119. The van der Waals surface area contributed by atoms with Gasteiger partial charge in [0.1, 0.15) is 5.75 Å². The van der Waals surface area contributed by atoms with Gasteiger partial charge in [-0.1, -0.05) is 68.4 Å². The van der Waals surface area contributed by atoms with Gasteiger partial charge in [-0.25, -0.2) is 4.90 Å². The van der Waals surface area contributed by atoms with E-state index in [0.717, 1.165) is 11.1 Å². The Labute approximate surface area is 192 Å². The van der Waals surface area contributed by atoms with E-state index < -0.39 is 0 Å². The van der Waals surface area contributed by atoms with Crippen LogP contribution in [0.3, 0.4) is 0 Å². The Morgan fingerprint density at radius 1 is 0.844 bits per heavy atom. The molecule has 0 spiro atoms. The number of methoxy groups -OCH3 is 1. The van der Waals surface area contributed by atoms with E-state index >= 15 is 0 Å². The summed E-state index contributed by atoms with van der Waals surface area (Å²) in [4.78, 5) is 28.7. The molecule has 1 aliphatic rings. The number of imide groups is 1. The average Bonchev–Trinajstić information content (AvgIpc) is 3.07. The van der Waals surface area contributed by atoms with E-state index in [4.69, 9.17) is 4.74 Å². The Morgan fingerprint density at radius 3 is 2.09 bits per heavy atom. The molecule has 162 valence electrons. The molecule has 5 heteroatoms. The fourth-order valence-electron chi connectivity index (χ4n) is 3.63. The molecule has 4 nitrogen and oxygen atoms in total. The van der Waals surface area contributed by atoms with Crippen LogP contribution < -0.4 is 9.64 Å². The predicted molar refractivity (Wildman–Crippen MR) is 131 cm³/mol. The van der Waals surface area contributed by atoms with Crippen molar-refractivity contribution in [2.24, 2.45) is 0 Å². The van der Waals surface area contributed by atoms with Crippen molar-refractivity contribution in [1.82, 2.24) is 0 Å². The number of nitrogens with zero attached hydrogens (tertiary/aromatic N) is 1. The molecule has 0 N–H and O–H groups in total. The zero-order chi connectivity index (χ0) is 22.7. The summed E-state index contributed by atoms with van der Waals surface area (Å²) in [6.07, 6.45) is 0. The maximum atomic E-state index is 13.5. The van der Waals surface area contributed by atoms with Crippen LogP contribution in [0.15, 0.2) is 83.8 Å². The van der Waals surface area contributed by atoms with Gasteiger partial charge in [-0.15, -0.1) is 11.8 Å². The topological polar surface area (TPSA) is 46.6 Å². The summed E-state index contributed by atoms with van der Waals surface area (Å²) in [5.74, 6) is 1.10. The SMILES string of the molecule is COc1ccc(C2=C(SCc3ccccc3)C(=O)N(c3ccc(C(C)C)cc3)C2=O)cc1. The van der Waals surface area contributed by atoms with Crippen LogP contribution in [0.1, 0.15) is 36.5 Å². The van der Waals surface area contributed by atoms with E-state index in [1.807, 2.05) is 66.7 Å². The fraction of sp³-hybridized carbons (Fsp3) is 0.185. The third-order valence-corrected chi connectivity index (χ3v) is 6.61. The largest absolute Gasteiger partial charge is 0.497 e. The van der Waals surface area contributed by atoms with E-state index in [-0.39, 0.29) is 11.8 Å². The molecule has 32 heavy (non-hydrogen) atoms. The third-order valence-electron chi connectivity index (χ3n) is 5.46. The van der Waals surface area contributed by atoms with Gasteiger partial charge >= 0.3 is 0 Å². The summed E-state index contributed by atoms with van der Waals surface area (Å²) in [5, 5.41) is 0. The molecule has 0 saturated heterocycles. The minimum absolute atomic E-state index is 0.279. The lowest BCUT2D eigenvalue weighted by Gasteiger charge is -2.16. The first-order valence-electron chi connectivity index (χ1n) is 10.5. The maximum absolute atomic E-state index is 13.5. The molecule has 1 heterocycles. The van der Waals surface area contributed by atoms with E-state index in [0.29, 0.717) is 39.1 Å². The number of amides is 2. The van der Waals surface area contributed by atoms with Crippen LogP contribution >= 0.6 is 11.8 Å². The molecule has 0 fully saturated rings. The number of anilines is 1. The number of ether oxygens (including phenoxy) is 1. The first kappa shape index (κ1) is 21.9. The lowest BCUT2D eigenvalue weighted by atomic mass is 10.0. The number of hydrogen-bond donors (Lipinski definition) is 0. The molecule has 0 radical (unpaired) electrons. The minimum atomic E-state index is -0.298. The summed E-state index contributed by atoms with van der Waals surface area (Å²) >= 11 is 1.40. The molecule has 2 amide bonds. The molecular formula is C27H25NO3S. The van der Waals surface area contributed by atoms with Crippen molar-refractivity contribution >= 4 is 34.8 Å². The van der Waals surface area contributed by atoms with Gasteiger partial charge in [0.2, 0.25) is 0 Å². The summed E-state index contributed by atoms with van der Waals surface area (Å²) in [6.45, 7) is 4.23. The summed E-state index contributed by atoms with van der Waals surface area (Å²) in [6, 6.07) is 24.9. The normalized spacial score (nSPS) is 13.9. The van der Waals surface area contributed by atoms with E-state index in [9.17, 15) is 9.59 Å². The number of hydrogen-bond acceptors (Lipinski definition) is 4. The van der Waals surface area contributed by atoms with Crippen LogP contribution in [0.2, 0.25) is 0 Å². The van der Waals surface area contributed by atoms with Crippen LogP contribution in [0, 0.1) is 0 Å². The van der Waals surface area contributed by atoms with Gasteiger partial charge in [-0.3, -0.25) is 9.59 Å². The fourth-order valence-corrected chi connectivity index (χ4v) is 4.70. The second-order valence-electron chi connectivity index (χ2n) is 7.90. The molecule has 3 aromatic carbocycles. The van der Waals surface area contributed by atoms with Gasteiger partial charge < -0.3 is 4.74 Å². The second-order valence-corrected chi connectivity index (χ2v) is 8.88. The molecule has 3 aromatic rings. The number of rotatable bonds is 7. The third kappa shape index (κ3) is 4.34. The molecule has 0 saturated carbocycles. The van der Waals surface area contributed by atoms with E-state index in [1.165, 1.54) is 16.7 Å². The molecule has 4 rings (SSSR count). The van der Waals surface area contributed by atoms with Crippen molar-refractivity contribution in [1.29, 1.82) is 0 Å². The van der Waals surface area contributed by atoms with Gasteiger partial charge in [0.25, 0.3) is 11.8 Å². The highest BCUT2D eigenvalue weighted by Crippen LogP contribution is 2.40. The lowest BCUT2D eigenvalue weighted by Crippen LogP contribution is -2.31. The quantitative estimate of drug-likeness (QED) is 0.418. The molecule has 0 unspecified atom stereocenters. The number of thioether (sulfide) groups is 1. The van der Waals surface area contributed by atoms with Crippen molar-refractivity contribution in [3.63, 3.8) is 0 Å². The van der Waals surface area contributed by atoms with Crippen molar-refractivity contribution in [2.45, 2.75) is 25.5 Å². The van der Waals surface area contributed by atoms with Crippen LogP contribution in [-0.2, 0) is 15.3 Å². The molecule has 0 aromatic heterocycles. The smallest absolute Gasteiger partial charge is 0.272 e. The highest BCUT2D eigenvalue weighted by Gasteiger charge is 2.40. The average molecular weight is 444 g/mol. The summed E-state index contributed by atoms with van der Waals surface area (Å²) in [5.41, 5.74) is 3.99. The van der Waals surface area contributed by atoms with Crippen LogP contribution in [-0.4, -0.2) is 18.9 Å². The van der Waals surface area contributed by atoms with Crippen molar-refractivity contribution in [3.05, 3.63) is 100 Å². The molecular weight excluding hydrogens is 418 g/mol. The Balaban J connectivity index is 1.71. The van der Waals surface area contributed by atoms with Crippen molar-refractivity contribution < 1.29 is 14.3 Å². The highest BCUT2D eigenvalue weighted by atomic mass is 32.2. The van der Waals surface area contributed by atoms with Gasteiger partial charge in [0, 0.05) is 5.75 Å². The second kappa shape index (κ2) is 9.45. The number of benzene rings is 3. The summed E-state index contributed by atoms with van der Waals surface area (Å²) < 4.78 is 5.25. The van der Waals surface area contributed by atoms with E-state index in [1.54, 1.807) is 19.2 Å². The minimum Gasteiger partial charge on any atom is -0.497 e. The van der Waals surface area contributed by atoms with Crippen LogP contribution in [0.5, 0.6) is 5.75 Å². The van der Waals surface area contributed by atoms with Crippen LogP contribution in [0.4, 0.5) is 5.69 Å². The molecule has 1 aliphatic heterocycles. The van der Waals surface area contributed by atoms with Crippen LogP contribution in [0.25, 0.3) is 5.57 Å². The molecule has 0 aliphatic carbocycles. The number of carbonyl (C=O) groups excluding carboxylic acids is 2. The highest BCUT2D eigenvalue weighted by molar-refractivity contribution is 8.03. The van der Waals surface area contributed by atoms with Gasteiger partial charge in [0.15, 0.2) is 0 Å². The van der Waals surface area contributed by atoms with Gasteiger partial charge in [-0.05, 0) is 46.9 Å². The van der Waals surface area contributed by atoms with Crippen molar-refractivity contribution in [3.8, 4) is 5.75 Å². The summed E-state index contributed by atoms with van der Waals surface area (Å²) in [7, 11) is 1.60.